The molecule has 6 heteroatoms. The second-order valence-corrected chi connectivity index (χ2v) is 9.73. The minimum Gasteiger partial charge on any atom is -0.481 e. The predicted molar refractivity (Wildman–Crippen MR) is 157 cm³/mol. The first-order valence-electron chi connectivity index (χ1n) is 13.2. The summed E-state index contributed by atoms with van der Waals surface area (Å²) in [6.07, 6.45) is 1.23. The van der Waals surface area contributed by atoms with Crippen molar-refractivity contribution in [2.75, 3.05) is 9.80 Å². The molecule has 0 spiro atoms. The van der Waals surface area contributed by atoms with Crippen molar-refractivity contribution in [3.63, 3.8) is 0 Å². The summed E-state index contributed by atoms with van der Waals surface area (Å²) in [4.78, 5) is 41.8. The van der Waals surface area contributed by atoms with Crippen molar-refractivity contribution < 1.29 is 19.5 Å². The smallest absolute Gasteiger partial charge is 0.303 e. The molecule has 0 aromatic heterocycles. The van der Waals surface area contributed by atoms with Crippen LogP contribution in [0.2, 0.25) is 0 Å². The van der Waals surface area contributed by atoms with E-state index >= 15 is 0 Å². The number of nitrogens with zero attached hydrogens (tertiary/aromatic N) is 2. The molecule has 0 unspecified atom stereocenters. The molecule has 1 heterocycles. The first kappa shape index (κ1) is 25.1. The van der Waals surface area contributed by atoms with Crippen molar-refractivity contribution in [1.29, 1.82) is 0 Å². The minimum absolute atomic E-state index is 0.0968. The van der Waals surface area contributed by atoms with Crippen molar-refractivity contribution in [1.82, 2.24) is 0 Å². The molecule has 0 aliphatic carbocycles. The van der Waals surface area contributed by atoms with Gasteiger partial charge in [0.25, 0.3) is 11.8 Å². The maximum absolute atomic E-state index is 13.8. The molecule has 1 aliphatic heterocycles. The van der Waals surface area contributed by atoms with Gasteiger partial charge in [-0.1, -0.05) is 60.7 Å². The Morgan fingerprint density at radius 2 is 1.27 bits per heavy atom. The third-order valence-electron chi connectivity index (χ3n) is 7.20. The van der Waals surface area contributed by atoms with Gasteiger partial charge in [0, 0.05) is 39.7 Å². The zero-order valence-electron chi connectivity index (χ0n) is 21.7. The van der Waals surface area contributed by atoms with Gasteiger partial charge in [-0.15, -0.1) is 0 Å². The fourth-order valence-corrected chi connectivity index (χ4v) is 5.35. The third-order valence-corrected chi connectivity index (χ3v) is 7.20. The molecule has 196 valence electrons. The summed E-state index contributed by atoms with van der Waals surface area (Å²) in [5, 5.41) is 10.3. The molecule has 1 N–H and O–H groups in total. The van der Waals surface area contributed by atoms with Crippen LogP contribution in [0.3, 0.4) is 0 Å². The number of carbonyl (C=O) groups excluding carboxylic acids is 2. The van der Waals surface area contributed by atoms with Gasteiger partial charge < -0.3 is 10.0 Å². The van der Waals surface area contributed by atoms with Crippen molar-refractivity contribution in [3.05, 3.63) is 132 Å². The number of para-hydroxylation sites is 2. The summed E-state index contributed by atoms with van der Waals surface area (Å²) < 4.78 is 0. The van der Waals surface area contributed by atoms with E-state index in [4.69, 9.17) is 5.11 Å². The van der Waals surface area contributed by atoms with Gasteiger partial charge in [0.05, 0.1) is 11.4 Å². The van der Waals surface area contributed by atoms with E-state index in [9.17, 15) is 14.4 Å². The van der Waals surface area contributed by atoms with Crippen molar-refractivity contribution in [2.45, 2.75) is 19.3 Å². The Morgan fingerprint density at radius 3 is 1.88 bits per heavy atom. The van der Waals surface area contributed by atoms with E-state index in [1.807, 2.05) is 97.1 Å². The van der Waals surface area contributed by atoms with Gasteiger partial charge in [-0.3, -0.25) is 14.4 Å². The van der Waals surface area contributed by atoms with Gasteiger partial charge in [-0.25, -0.2) is 4.90 Å². The lowest BCUT2D eigenvalue weighted by Gasteiger charge is -2.31. The first-order chi connectivity index (χ1) is 19.5. The monoisotopic (exact) mass is 526 g/mol. The van der Waals surface area contributed by atoms with Crippen LogP contribution in [-0.2, 0) is 11.2 Å². The molecule has 0 fully saturated rings. The number of amides is 2. The Kier molecular flexibility index (Phi) is 6.58. The lowest BCUT2D eigenvalue weighted by atomic mass is 9.92. The SMILES string of the molecule is O=C(O)CCCc1ccc(N2C(=O)c3cccc4c(N(c5ccccc5)c5ccccc5)ccc(c34)C2=O)cc1. The molecule has 1 aliphatic rings. The van der Waals surface area contributed by atoms with E-state index < -0.39 is 5.97 Å². The predicted octanol–water partition coefficient (Wildman–Crippen LogP) is 7.52. The molecule has 40 heavy (non-hydrogen) atoms. The summed E-state index contributed by atoms with van der Waals surface area (Å²) in [5.74, 6) is -1.57. The van der Waals surface area contributed by atoms with Crippen LogP contribution in [0.15, 0.2) is 115 Å². The highest BCUT2D eigenvalue weighted by molar-refractivity contribution is 6.36. The number of aryl methyl sites for hydroxylation is 1. The summed E-state index contributed by atoms with van der Waals surface area (Å²) in [7, 11) is 0. The average molecular weight is 527 g/mol. The fourth-order valence-electron chi connectivity index (χ4n) is 5.35. The standard InChI is InChI=1S/C34H26N2O4/c37-31(38)16-7-9-23-17-19-26(20-18-23)36-33(39)28-15-8-14-27-30(22-21-29(32(27)28)34(36)40)35(24-10-3-1-4-11-24)25-12-5-2-6-13-25/h1-6,8,10-15,17-22H,7,9,16H2,(H,37,38). The van der Waals surface area contributed by atoms with E-state index in [1.54, 1.807) is 18.2 Å². The third kappa shape index (κ3) is 4.50. The fraction of sp³-hybridized carbons (Fsp3) is 0.0882. The quantitative estimate of drug-likeness (QED) is 0.212. The molecule has 0 saturated carbocycles. The molecule has 5 aromatic carbocycles. The van der Waals surface area contributed by atoms with E-state index in [0.29, 0.717) is 35.0 Å². The second kappa shape index (κ2) is 10.5. The van der Waals surface area contributed by atoms with Gasteiger partial charge in [0.2, 0.25) is 0 Å². The van der Waals surface area contributed by atoms with Crippen LogP contribution in [0.4, 0.5) is 22.7 Å². The Hall–Kier alpha value is -5.23. The van der Waals surface area contributed by atoms with Gasteiger partial charge in [-0.2, -0.15) is 0 Å². The van der Waals surface area contributed by atoms with Crippen LogP contribution in [0.5, 0.6) is 0 Å². The number of anilines is 4. The van der Waals surface area contributed by atoms with E-state index in [1.165, 1.54) is 4.90 Å². The van der Waals surface area contributed by atoms with Crippen molar-refractivity contribution in [3.8, 4) is 0 Å². The summed E-state index contributed by atoms with van der Waals surface area (Å²) >= 11 is 0. The number of hydrogen-bond acceptors (Lipinski definition) is 4. The molecule has 0 bridgehead atoms. The number of rotatable bonds is 8. The van der Waals surface area contributed by atoms with Crippen LogP contribution in [0.1, 0.15) is 39.1 Å². The molecule has 0 saturated heterocycles. The Balaban J connectivity index is 1.42. The van der Waals surface area contributed by atoms with Crippen LogP contribution in [0, 0.1) is 0 Å². The molecule has 6 nitrogen and oxygen atoms in total. The minimum atomic E-state index is -0.826. The van der Waals surface area contributed by atoms with Gasteiger partial charge in [-0.05, 0) is 73.0 Å². The van der Waals surface area contributed by atoms with Gasteiger partial charge >= 0.3 is 5.97 Å². The number of benzene rings is 5. The Labute approximate surface area is 231 Å². The van der Waals surface area contributed by atoms with Gasteiger partial charge in [0.1, 0.15) is 0 Å². The summed E-state index contributed by atoms with van der Waals surface area (Å²) in [6.45, 7) is 0. The number of carboxylic acids is 1. The van der Waals surface area contributed by atoms with Crippen LogP contribution >= 0.6 is 0 Å². The van der Waals surface area contributed by atoms with Crippen molar-refractivity contribution in [2.24, 2.45) is 0 Å². The molecule has 0 radical (unpaired) electrons. The average Bonchev–Trinajstić information content (AvgIpc) is 2.98. The lowest BCUT2D eigenvalue weighted by Crippen LogP contribution is -2.40. The van der Waals surface area contributed by atoms with Crippen molar-refractivity contribution >= 4 is 51.3 Å². The number of carbonyl (C=O) groups is 3. The van der Waals surface area contributed by atoms with Crippen LogP contribution < -0.4 is 9.80 Å². The maximum Gasteiger partial charge on any atom is 0.303 e. The van der Waals surface area contributed by atoms with E-state index in [0.717, 1.165) is 28.0 Å². The molecule has 5 aromatic rings. The topological polar surface area (TPSA) is 77.9 Å². The largest absolute Gasteiger partial charge is 0.481 e. The van der Waals surface area contributed by atoms with E-state index in [2.05, 4.69) is 4.90 Å². The molecular formula is C34H26N2O4. The van der Waals surface area contributed by atoms with Crippen LogP contribution in [0.25, 0.3) is 10.8 Å². The van der Waals surface area contributed by atoms with Crippen LogP contribution in [-0.4, -0.2) is 22.9 Å². The zero-order chi connectivity index (χ0) is 27.6. The molecule has 0 atom stereocenters. The highest BCUT2D eigenvalue weighted by Crippen LogP contribution is 2.42. The number of aliphatic carboxylic acids is 1. The number of carboxylic acid groups (broad SMARTS) is 1. The van der Waals surface area contributed by atoms with Gasteiger partial charge in [0.15, 0.2) is 0 Å². The normalized spacial score (nSPS) is 12.6. The number of hydrogen-bond donors (Lipinski definition) is 1. The summed E-state index contributed by atoms with van der Waals surface area (Å²) in [5.41, 5.74) is 5.19. The van der Waals surface area contributed by atoms with E-state index in [-0.39, 0.29) is 18.2 Å². The highest BCUT2D eigenvalue weighted by atomic mass is 16.4. The highest BCUT2D eigenvalue weighted by Gasteiger charge is 2.35. The maximum atomic E-state index is 13.8. The molecule has 2 amide bonds. The lowest BCUT2D eigenvalue weighted by molar-refractivity contribution is -0.137. The zero-order valence-corrected chi connectivity index (χ0v) is 21.7. The number of imide groups is 1. The first-order valence-corrected chi connectivity index (χ1v) is 13.2. The second-order valence-electron chi connectivity index (χ2n) is 9.73. The molecular weight excluding hydrogens is 500 g/mol. The molecule has 6 rings (SSSR count). The Bertz CT molecular complexity index is 1670. The Morgan fingerprint density at radius 1 is 0.675 bits per heavy atom. The summed E-state index contributed by atoms with van der Waals surface area (Å²) in [6, 6.07) is 36.5.